The molecule has 0 aliphatic heterocycles. The monoisotopic (exact) mass is 325 g/mol. The van der Waals surface area contributed by atoms with E-state index in [4.69, 9.17) is 23.2 Å². The van der Waals surface area contributed by atoms with Gasteiger partial charge in [-0.15, -0.1) is 5.10 Å². The SMILES string of the molecule is Cc1cc2nnnn2c(SCc2c(Cl)cccc2Cl)n1. The van der Waals surface area contributed by atoms with Crippen molar-refractivity contribution in [2.75, 3.05) is 0 Å². The molecule has 3 aromatic rings. The van der Waals surface area contributed by atoms with E-state index in [1.165, 1.54) is 11.8 Å². The molecule has 0 aliphatic carbocycles. The van der Waals surface area contributed by atoms with Crippen LogP contribution in [0.15, 0.2) is 29.4 Å². The van der Waals surface area contributed by atoms with Gasteiger partial charge in [0, 0.05) is 27.6 Å². The van der Waals surface area contributed by atoms with E-state index < -0.39 is 0 Å². The van der Waals surface area contributed by atoms with Gasteiger partial charge in [0.05, 0.1) is 0 Å². The van der Waals surface area contributed by atoms with Crippen LogP contribution < -0.4 is 0 Å². The van der Waals surface area contributed by atoms with Crippen LogP contribution in [0, 0.1) is 6.92 Å². The van der Waals surface area contributed by atoms with Gasteiger partial charge in [0.2, 0.25) is 0 Å². The number of thioether (sulfide) groups is 1. The van der Waals surface area contributed by atoms with Gasteiger partial charge >= 0.3 is 0 Å². The molecule has 0 radical (unpaired) electrons. The lowest BCUT2D eigenvalue weighted by molar-refractivity contribution is 0.729. The first-order chi connectivity index (χ1) is 9.65. The number of aromatic nitrogens is 5. The van der Waals surface area contributed by atoms with Crippen LogP contribution in [0.5, 0.6) is 0 Å². The third-order valence-corrected chi connectivity index (χ3v) is 4.36. The molecule has 0 bridgehead atoms. The molecule has 102 valence electrons. The van der Waals surface area contributed by atoms with Gasteiger partial charge in [-0.05, 0) is 35.0 Å². The van der Waals surface area contributed by atoms with E-state index in [2.05, 4.69) is 20.5 Å². The molecule has 0 saturated carbocycles. The van der Waals surface area contributed by atoms with Crippen molar-refractivity contribution in [2.24, 2.45) is 0 Å². The van der Waals surface area contributed by atoms with E-state index in [-0.39, 0.29) is 0 Å². The standard InChI is InChI=1S/C12H9Cl2N5S/c1-7-5-11-16-17-18-19(11)12(15-7)20-6-8-9(13)3-2-4-10(8)14/h2-5H,6H2,1H3. The van der Waals surface area contributed by atoms with Gasteiger partial charge in [0.1, 0.15) is 0 Å². The fourth-order valence-electron chi connectivity index (χ4n) is 1.74. The number of aryl methyl sites for hydroxylation is 1. The third-order valence-electron chi connectivity index (χ3n) is 2.69. The van der Waals surface area contributed by atoms with E-state index in [0.29, 0.717) is 26.6 Å². The first-order valence-electron chi connectivity index (χ1n) is 5.76. The average Bonchev–Trinajstić information content (AvgIpc) is 2.86. The van der Waals surface area contributed by atoms with E-state index in [9.17, 15) is 0 Å². The second-order valence-corrected chi connectivity index (χ2v) is 5.87. The Bertz CT molecular complexity index is 753. The third kappa shape index (κ3) is 2.59. The van der Waals surface area contributed by atoms with Crippen LogP contribution in [0.1, 0.15) is 11.3 Å². The number of hydrogen-bond donors (Lipinski definition) is 0. The number of tetrazole rings is 1. The van der Waals surface area contributed by atoms with Gasteiger partial charge in [-0.2, -0.15) is 4.52 Å². The Labute approximate surface area is 129 Å². The Kier molecular flexibility index (Phi) is 3.78. The lowest BCUT2D eigenvalue weighted by Gasteiger charge is -2.07. The summed E-state index contributed by atoms with van der Waals surface area (Å²) in [7, 11) is 0. The molecule has 0 atom stereocenters. The minimum absolute atomic E-state index is 0.601. The molecule has 8 heteroatoms. The summed E-state index contributed by atoms with van der Waals surface area (Å²) in [5.74, 6) is 0.601. The molecule has 20 heavy (non-hydrogen) atoms. The van der Waals surface area contributed by atoms with Crippen LogP contribution in [0.25, 0.3) is 5.65 Å². The van der Waals surface area contributed by atoms with Crippen molar-refractivity contribution in [1.29, 1.82) is 0 Å². The van der Waals surface area contributed by atoms with Crippen molar-refractivity contribution < 1.29 is 0 Å². The van der Waals surface area contributed by atoms with Crippen molar-refractivity contribution >= 4 is 40.6 Å². The molecule has 0 amide bonds. The van der Waals surface area contributed by atoms with Crippen LogP contribution >= 0.6 is 35.0 Å². The maximum atomic E-state index is 6.16. The summed E-state index contributed by atoms with van der Waals surface area (Å²) >= 11 is 13.8. The van der Waals surface area contributed by atoms with E-state index in [1.807, 2.05) is 31.2 Å². The second-order valence-electron chi connectivity index (χ2n) is 4.12. The highest BCUT2D eigenvalue weighted by molar-refractivity contribution is 7.98. The minimum atomic E-state index is 0.601. The van der Waals surface area contributed by atoms with Crippen molar-refractivity contribution in [3.05, 3.63) is 45.6 Å². The summed E-state index contributed by atoms with van der Waals surface area (Å²) in [6.07, 6.45) is 0. The molecular formula is C12H9Cl2N5S. The quantitative estimate of drug-likeness (QED) is 0.545. The first-order valence-corrected chi connectivity index (χ1v) is 7.51. The number of hydrogen-bond acceptors (Lipinski definition) is 5. The molecule has 0 unspecified atom stereocenters. The van der Waals surface area contributed by atoms with Gasteiger partial charge in [0.15, 0.2) is 10.8 Å². The Balaban J connectivity index is 1.92. The molecule has 0 fully saturated rings. The van der Waals surface area contributed by atoms with Gasteiger partial charge in [-0.1, -0.05) is 41.0 Å². The highest BCUT2D eigenvalue weighted by atomic mass is 35.5. The zero-order valence-corrected chi connectivity index (χ0v) is 12.7. The topological polar surface area (TPSA) is 56.0 Å². The van der Waals surface area contributed by atoms with Gasteiger partial charge in [-0.25, -0.2) is 4.98 Å². The predicted octanol–water partition coefficient (Wildman–Crippen LogP) is 3.43. The number of rotatable bonds is 3. The molecule has 0 aliphatic rings. The Morgan fingerprint density at radius 1 is 1.25 bits per heavy atom. The molecule has 5 nitrogen and oxygen atoms in total. The summed E-state index contributed by atoms with van der Waals surface area (Å²) < 4.78 is 1.60. The fraction of sp³-hybridized carbons (Fsp3) is 0.167. The van der Waals surface area contributed by atoms with Gasteiger partial charge in [-0.3, -0.25) is 0 Å². The van der Waals surface area contributed by atoms with Crippen LogP contribution in [0.2, 0.25) is 10.0 Å². The summed E-state index contributed by atoms with van der Waals surface area (Å²) in [4.78, 5) is 4.45. The molecule has 0 N–H and O–H groups in total. The van der Waals surface area contributed by atoms with E-state index >= 15 is 0 Å². The van der Waals surface area contributed by atoms with Crippen molar-refractivity contribution in [3.63, 3.8) is 0 Å². The van der Waals surface area contributed by atoms with Gasteiger partial charge in [0.25, 0.3) is 0 Å². The Morgan fingerprint density at radius 3 is 2.75 bits per heavy atom. The second kappa shape index (κ2) is 5.55. The summed E-state index contributed by atoms with van der Waals surface area (Å²) in [6.45, 7) is 1.90. The maximum Gasteiger partial charge on any atom is 0.193 e. The molecule has 1 aromatic carbocycles. The zero-order chi connectivity index (χ0) is 14.1. The molecule has 0 saturated heterocycles. The smallest absolute Gasteiger partial charge is 0.193 e. The van der Waals surface area contributed by atoms with Crippen molar-refractivity contribution in [3.8, 4) is 0 Å². The van der Waals surface area contributed by atoms with Gasteiger partial charge < -0.3 is 0 Å². The minimum Gasteiger partial charge on any atom is -0.228 e. The predicted molar refractivity (Wildman–Crippen MR) is 79.3 cm³/mol. The number of benzene rings is 1. The van der Waals surface area contributed by atoms with Crippen LogP contribution in [0.4, 0.5) is 0 Å². The highest BCUT2D eigenvalue weighted by Gasteiger charge is 2.11. The molecule has 0 spiro atoms. The Morgan fingerprint density at radius 2 is 2.00 bits per heavy atom. The summed E-state index contributed by atoms with van der Waals surface area (Å²) in [5.41, 5.74) is 2.41. The molecule has 2 aromatic heterocycles. The molecular weight excluding hydrogens is 317 g/mol. The van der Waals surface area contributed by atoms with Crippen LogP contribution in [-0.2, 0) is 5.75 Å². The first kappa shape index (κ1) is 13.6. The summed E-state index contributed by atoms with van der Waals surface area (Å²) in [5, 5.41) is 13.5. The van der Waals surface area contributed by atoms with E-state index in [0.717, 1.165) is 11.3 Å². The summed E-state index contributed by atoms with van der Waals surface area (Å²) in [6, 6.07) is 7.29. The number of fused-ring (bicyclic) bond motifs is 1. The lowest BCUT2D eigenvalue weighted by atomic mass is 10.2. The maximum absolute atomic E-state index is 6.16. The fourth-order valence-corrected chi connectivity index (χ4v) is 3.47. The Hall–Kier alpha value is -1.37. The lowest BCUT2D eigenvalue weighted by Crippen LogP contribution is -1.99. The van der Waals surface area contributed by atoms with Crippen molar-refractivity contribution in [1.82, 2.24) is 25.0 Å². The van der Waals surface area contributed by atoms with Crippen molar-refractivity contribution in [2.45, 2.75) is 17.8 Å². The van der Waals surface area contributed by atoms with Crippen LogP contribution in [0.3, 0.4) is 0 Å². The van der Waals surface area contributed by atoms with Crippen LogP contribution in [-0.4, -0.2) is 25.0 Å². The number of halogens is 2. The number of nitrogens with zero attached hydrogens (tertiary/aromatic N) is 5. The van der Waals surface area contributed by atoms with E-state index in [1.54, 1.807) is 4.52 Å². The normalized spacial score (nSPS) is 11.2. The largest absolute Gasteiger partial charge is 0.228 e. The average molecular weight is 326 g/mol. The zero-order valence-electron chi connectivity index (χ0n) is 10.4. The molecule has 3 rings (SSSR count). The molecule has 2 heterocycles. The highest BCUT2D eigenvalue weighted by Crippen LogP contribution is 2.30.